The van der Waals surface area contributed by atoms with E-state index >= 15 is 0 Å². The van der Waals surface area contributed by atoms with Gasteiger partial charge in [0.1, 0.15) is 0 Å². The summed E-state index contributed by atoms with van der Waals surface area (Å²) >= 11 is 2.73. The fourth-order valence-electron chi connectivity index (χ4n) is 1.12. The number of hydrogen-bond acceptors (Lipinski definition) is 7. The van der Waals surface area contributed by atoms with Gasteiger partial charge in [-0.25, -0.2) is 4.79 Å². The van der Waals surface area contributed by atoms with Crippen molar-refractivity contribution in [3.05, 3.63) is 17.5 Å². The molecule has 2 aromatic heterocycles. The summed E-state index contributed by atoms with van der Waals surface area (Å²) < 4.78 is 4.56. The van der Waals surface area contributed by atoms with Crippen LogP contribution in [0.1, 0.15) is 6.92 Å². The van der Waals surface area contributed by atoms with Crippen LogP contribution in [-0.2, 0) is 14.3 Å². The Bertz CT molecular complexity index is 550. The first-order valence-corrected chi connectivity index (χ1v) is 6.75. The number of rotatable bonds is 3. The van der Waals surface area contributed by atoms with Gasteiger partial charge >= 0.3 is 11.9 Å². The molecule has 18 heavy (non-hydrogen) atoms. The van der Waals surface area contributed by atoms with Gasteiger partial charge in [0.2, 0.25) is 5.13 Å². The number of nitrogens with zero attached hydrogens (tertiary/aromatic N) is 2. The molecule has 0 spiro atoms. The first-order valence-electron chi connectivity index (χ1n) is 5.06. The van der Waals surface area contributed by atoms with Crippen molar-refractivity contribution < 1.29 is 14.3 Å². The van der Waals surface area contributed by atoms with E-state index in [0.717, 1.165) is 4.88 Å². The van der Waals surface area contributed by atoms with Crippen LogP contribution in [0.4, 0.5) is 5.13 Å². The van der Waals surface area contributed by atoms with Gasteiger partial charge in [0.25, 0.3) is 0 Å². The molecule has 6 nitrogen and oxygen atoms in total. The van der Waals surface area contributed by atoms with E-state index in [2.05, 4.69) is 20.3 Å². The Balaban J connectivity index is 2.03. The first-order chi connectivity index (χ1) is 8.70. The lowest BCUT2D eigenvalue weighted by Gasteiger charge is -1.99. The van der Waals surface area contributed by atoms with Crippen LogP contribution < -0.4 is 5.32 Å². The second kappa shape index (κ2) is 5.69. The maximum absolute atomic E-state index is 11.4. The van der Waals surface area contributed by atoms with Crippen molar-refractivity contribution in [2.24, 2.45) is 0 Å². The standard InChI is InChI=1S/C10H9N3O3S2/c1-2-16-9(15)7(14)11-10-13-12-8(18-10)6-4-3-5-17-6/h3-5H,2H2,1H3,(H,11,13,14). The summed E-state index contributed by atoms with van der Waals surface area (Å²) in [7, 11) is 0. The molecule has 0 aromatic carbocycles. The molecular weight excluding hydrogens is 274 g/mol. The molecule has 0 fully saturated rings. The normalized spacial score (nSPS) is 10.1. The number of thiophene rings is 1. The highest BCUT2D eigenvalue weighted by molar-refractivity contribution is 7.23. The number of anilines is 1. The number of carbonyl (C=O) groups is 2. The van der Waals surface area contributed by atoms with E-state index in [4.69, 9.17) is 0 Å². The third-order valence-electron chi connectivity index (χ3n) is 1.84. The molecule has 0 unspecified atom stereocenters. The van der Waals surface area contributed by atoms with Gasteiger partial charge in [0.15, 0.2) is 5.01 Å². The number of esters is 1. The molecule has 2 rings (SSSR count). The molecule has 0 radical (unpaired) electrons. The molecule has 0 aliphatic rings. The van der Waals surface area contributed by atoms with Crippen molar-refractivity contribution in [3.8, 4) is 9.88 Å². The molecule has 2 heterocycles. The number of amides is 1. The third kappa shape index (κ3) is 2.90. The van der Waals surface area contributed by atoms with Crippen molar-refractivity contribution in [2.75, 3.05) is 11.9 Å². The molecular formula is C10H9N3O3S2. The van der Waals surface area contributed by atoms with Gasteiger partial charge in [-0.05, 0) is 18.4 Å². The van der Waals surface area contributed by atoms with Crippen LogP contribution in [0.2, 0.25) is 0 Å². The SMILES string of the molecule is CCOC(=O)C(=O)Nc1nnc(-c2cccs2)s1. The largest absolute Gasteiger partial charge is 0.459 e. The van der Waals surface area contributed by atoms with Gasteiger partial charge in [0.05, 0.1) is 11.5 Å². The average Bonchev–Trinajstić information content (AvgIpc) is 2.98. The average molecular weight is 283 g/mol. The second-order valence-corrected chi connectivity index (χ2v) is 4.99. The number of hydrogen-bond donors (Lipinski definition) is 1. The second-order valence-electron chi connectivity index (χ2n) is 3.06. The lowest BCUT2D eigenvalue weighted by atomic mass is 10.5. The summed E-state index contributed by atoms with van der Waals surface area (Å²) in [4.78, 5) is 23.4. The van der Waals surface area contributed by atoms with E-state index in [-0.39, 0.29) is 11.7 Å². The van der Waals surface area contributed by atoms with Crippen LogP contribution >= 0.6 is 22.7 Å². The molecule has 1 amide bonds. The van der Waals surface area contributed by atoms with Gasteiger partial charge in [-0.15, -0.1) is 21.5 Å². The van der Waals surface area contributed by atoms with Crippen LogP contribution in [0.3, 0.4) is 0 Å². The lowest BCUT2D eigenvalue weighted by Crippen LogP contribution is -2.24. The van der Waals surface area contributed by atoms with Crippen molar-refractivity contribution in [1.29, 1.82) is 0 Å². The fraction of sp³-hybridized carbons (Fsp3) is 0.200. The zero-order chi connectivity index (χ0) is 13.0. The molecule has 1 N–H and O–H groups in total. The maximum atomic E-state index is 11.4. The zero-order valence-corrected chi connectivity index (χ0v) is 11.0. The predicted octanol–water partition coefficient (Wildman–Crippen LogP) is 1.77. The number of aromatic nitrogens is 2. The van der Waals surface area contributed by atoms with Gasteiger partial charge in [0, 0.05) is 0 Å². The van der Waals surface area contributed by atoms with Gasteiger partial charge < -0.3 is 4.74 Å². The number of nitrogens with one attached hydrogen (secondary N) is 1. The van der Waals surface area contributed by atoms with Crippen LogP contribution in [0, 0.1) is 0 Å². The van der Waals surface area contributed by atoms with Gasteiger partial charge in [-0.1, -0.05) is 17.4 Å². The van der Waals surface area contributed by atoms with E-state index in [1.54, 1.807) is 6.92 Å². The maximum Gasteiger partial charge on any atom is 0.397 e. The Kier molecular flexibility index (Phi) is 4.00. The van der Waals surface area contributed by atoms with Crippen molar-refractivity contribution in [3.63, 3.8) is 0 Å². The summed E-state index contributed by atoms with van der Waals surface area (Å²) in [5, 5.41) is 13.0. The zero-order valence-electron chi connectivity index (χ0n) is 9.37. The van der Waals surface area contributed by atoms with Gasteiger partial charge in [-0.3, -0.25) is 10.1 Å². The molecule has 0 saturated heterocycles. The van der Waals surface area contributed by atoms with Crippen molar-refractivity contribution in [1.82, 2.24) is 10.2 Å². The van der Waals surface area contributed by atoms with E-state index < -0.39 is 11.9 Å². The predicted molar refractivity (Wildman–Crippen MR) is 68.5 cm³/mol. The summed E-state index contributed by atoms with van der Waals surface area (Å²) in [5.41, 5.74) is 0. The smallest absolute Gasteiger partial charge is 0.397 e. The summed E-state index contributed by atoms with van der Waals surface area (Å²) in [5.74, 6) is -1.77. The first kappa shape index (κ1) is 12.7. The molecule has 0 aliphatic heterocycles. The van der Waals surface area contributed by atoms with Crippen LogP contribution in [0.15, 0.2) is 17.5 Å². The lowest BCUT2D eigenvalue weighted by molar-refractivity contribution is -0.152. The Hall–Kier alpha value is -1.80. The van der Waals surface area contributed by atoms with Crippen LogP contribution in [0.25, 0.3) is 9.88 Å². The Morgan fingerprint density at radius 2 is 2.28 bits per heavy atom. The molecule has 0 atom stereocenters. The van der Waals surface area contributed by atoms with E-state index in [0.29, 0.717) is 5.01 Å². The highest BCUT2D eigenvalue weighted by Gasteiger charge is 2.17. The molecule has 94 valence electrons. The molecule has 0 saturated carbocycles. The molecule has 0 aliphatic carbocycles. The topological polar surface area (TPSA) is 81.2 Å². The minimum atomic E-state index is -0.926. The van der Waals surface area contributed by atoms with E-state index in [9.17, 15) is 9.59 Å². The minimum Gasteiger partial charge on any atom is -0.459 e. The fourth-order valence-corrected chi connectivity index (χ4v) is 2.65. The molecule has 8 heteroatoms. The Labute approximate surface area is 111 Å². The molecule has 2 aromatic rings. The van der Waals surface area contributed by atoms with Crippen LogP contribution in [-0.4, -0.2) is 28.7 Å². The quantitative estimate of drug-likeness (QED) is 0.686. The van der Waals surface area contributed by atoms with Gasteiger partial charge in [-0.2, -0.15) is 0 Å². The van der Waals surface area contributed by atoms with Crippen LogP contribution in [0.5, 0.6) is 0 Å². The summed E-state index contributed by atoms with van der Waals surface area (Å²) in [6, 6.07) is 3.81. The highest BCUT2D eigenvalue weighted by Crippen LogP contribution is 2.29. The number of carbonyl (C=O) groups excluding carboxylic acids is 2. The Morgan fingerprint density at radius 3 is 2.94 bits per heavy atom. The molecule has 0 bridgehead atoms. The van der Waals surface area contributed by atoms with E-state index in [1.807, 2.05) is 17.5 Å². The van der Waals surface area contributed by atoms with E-state index in [1.165, 1.54) is 22.7 Å². The summed E-state index contributed by atoms with van der Waals surface area (Å²) in [6.07, 6.45) is 0. The minimum absolute atomic E-state index is 0.156. The highest BCUT2D eigenvalue weighted by atomic mass is 32.1. The van der Waals surface area contributed by atoms with Crippen molar-refractivity contribution >= 4 is 39.7 Å². The summed E-state index contributed by atoms with van der Waals surface area (Å²) in [6.45, 7) is 1.79. The monoisotopic (exact) mass is 283 g/mol. The number of ether oxygens (including phenoxy) is 1. The Morgan fingerprint density at radius 1 is 1.44 bits per heavy atom. The third-order valence-corrected chi connectivity index (χ3v) is 3.72. The van der Waals surface area contributed by atoms with Crippen molar-refractivity contribution in [2.45, 2.75) is 6.92 Å².